The summed E-state index contributed by atoms with van der Waals surface area (Å²) in [6.45, 7) is 6.75. The molecule has 3 atom stereocenters. The number of amides is 1. The zero-order valence-electron chi connectivity index (χ0n) is 19.6. The van der Waals surface area contributed by atoms with Crippen molar-refractivity contribution < 1.29 is 14.6 Å². The number of aliphatic hydroxyl groups is 1. The summed E-state index contributed by atoms with van der Waals surface area (Å²) in [5.74, 6) is 1.23. The lowest BCUT2D eigenvalue weighted by Gasteiger charge is -2.26. The molecule has 1 heterocycles. The van der Waals surface area contributed by atoms with Gasteiger partial charge >= 0.3 is 0 Å². The summed E-state index contributed by atoms with van der Waals surface area (Å²) < 4.78 is 5.81. The van der Waals surface area contributed by atoms with Crippen molar-refractivity contribution in [3.05, 3.63) is 35.9 Å². The molecule has 0 spiro atoms. The van der Waals surface area contributed by atoms with Gasteiger partial charge in [0.05, 0.1) is 25.4 Å². The number of likely N-dealkylation sites (tertiary alicyclic amines) is 1. The SMILES string of the molecule is CCNC(=NCC(O)COC(C)c1ccccc1)NC1CCN(C(=O)C2CCCCC2)C1. The maximum Gasteiger partial charge on any atom is 0.225 e. The summed E-state index contributed by atoms with van der Waals surface area (Å²) in [5.41, 5.74) is 1.09. The fourth-order valence-electron chi connectivity index (χ4n) is 4.52. The van der Waals surface area contributed by atoms with Crippen molar-refractivity contribution in [1.29, 1.82) is 0 Å². The predicted molar refractivity (Wildman–Crippen MR) is 127 cm³/mol. The number of aliphatic hydroxyl groups excluding tert-OH is 1. The number of benzene rings is 1. The molecule has 1 saturated heterocycles. The van der Waals surface area contributed by atoms with Crippen LogP contribution >= 0.6 is 0 Å². The molecule has 7 heteroatoms. The quantitative estimate of drug-likeness (QED) is 0.403. The molecule has 3 unspecified atom stereocenters. The highest BCUT2D eigenvalue weighted by Gasteiger charge is 2.31. The smallest absolute Gasteiger partial charge is 0.225 e. The summed E-state index contributed by atoms with van der Waals surface area (Å²) >= 11 is 0. The number of nitrogens with zero attached hydrogens (tertiary/aromatic N) is 2. The van der Waals surface area contributed by atoms with Crippen LogP contribution < -0.4 is 10.6 Å². The molecule has 1 aliphatic heterocycles. The Bertz CT molecular complexity index is 721. The van der Waals surface area contributed by atoms with E-state index in [2.05, 4.69) is 15.6 Å². The lowest BCUT2D eigenvalue weighted by Crippen LogP contribution is -2.46. The van der Waals surface area contributed by atoms with Crippen LogP contribution in [0.2, 0.25) is 0 Å². The van der Waals surface area contributed by atoms with E-state index < -0.39 is 6.10 Å². The molecule has 7 nitrogen and oxygen atoms in total. The summed E-state index contributed by atoms with van der Waals surface area (Å²) in [6.07, 6.45) is 5.87. The third-order valence-corrected chi connectivity index (χ3v) is 6.41. The first-order chi connectivity index (χ1) is 15.6. The van der Waals surface area contributed by atoms with Gasteiger partial charge in [-0.25, -0.2) is 0 Å². The van der Waals surface area contributed by atoms with E-state index in [4.69, 9.17) is 4.74 Å². The molecule has 32 heavy (non-hydrogen) atoms. The van der Waals surface area contributed by atoms with Gasteiger partial charge in [0.25, 0.3) is 0 Å². The highest BCUT2D eigenvalue weighted by Crippen LogP contribution is 2.26. The fourth-order valence-corrected chi connectivity index (χ4v) is 4.52. The molecule has 1 aromatic rings. The van der Waals surface area contributed by atoms with Gasteiger partial charge in [-0.15, -0.1) is 0 Å². The molecule has 178 valence electrons. The average Bonchev–Trinajstić information content (AvgIpc) is 3.30. The zero-order chi connectivity index (χ0) is 22.8. The third kappa shape index (κ3) is 7.48. The Morgan fingerprint density at radius 1 is 1.22 bits per heavy atom. The van der Waals surface area contributed by atoms with E-state index in [0.29, 0.717) is 11.9 Å². The van der Waals surface area contributed by atoms with Crippen molar-refractivity contribution >= 4 is 11.9 Å². The lowest BCUT2D eigenvalue weighted by atomic mass is 9.88. The second-order valence-electron chi connectivity index (χ2n) is 9.01. The number of aliphatic imine (C=N–C) groups is 1. The van der Waals surface area contributed by atoms with Gasteiger partial charge in [0, 0.05) is 31.6 Å². The molecule has 3 N–H and O–H groups in total. The monoisotopic (exact) mass is 444 g/mol. The van der Waals surface area contributed by atoms with Crippen LogP contribution in [0.15, 0.2) is 35.3 Å². The molecule has 0 bridgehead atoms. The van der Waals surface area contributed by atoms with Crippen LogP contribution in [0.5, 0.6) is 0 Å². The number of guanidine groups is 1. The Labute approximate surface area is 192 Å². The minimum absolute atomic E-state index is 0.0765. The first-order valence-corrected chi connectivity index (χ1v) is 12.2. The van der Waals surface area contributed by atoms with E-state index >= 15 is 0 Å². The number of hydrogen-bond donors (Lipinski definition) is 3. The van der Waals surface area contributed by atoms with E-state index in [9.17, 15) is 9.90 Å². The number of hydrogen-bond acceptors (Lipinski definition) is 4. The molecule has 1 aromatic carbocycles. The van der Waals surface area contributed by atoms with Crippen LogP contribution in [0.4, 0.5) is 0 Å². The first-order valence-electron chi connectivity index (χ1n) is 12.2. The van der Waals surface area contributed by atoms with E-state index in [1.54, 1.807) is 0 Å². The van der Waals surface area contributed by atoms with Gasteiger partial charge in [-0.1, -0.05) is 49.6 Å². The zero-order valence-corrected chi connectivity index (χ0v) is 19.6. The third-order valence-electron chi connectivity index (χ3n) is 6.41. The maximum absolute atomic E-state index is 12.8. The molecule has 1 aliphatic carbocycles. The van der Waals surface area contributed by atoms with E-state index in [1.165, 1.54) is 19.3 Å². The second-order valence-corrected chi connectivity index (χ2v) is 9.01. The maximum atomic E-state index is 12.8. The molecule has 1 saturated carbocycles. The van der Waals surface area contributed by atoms with Crippen molar-refractivity contribution in [1.82, 2.24) is 15.5 Å². The fraction of sp³-hybridized carbons (Fsp3) is 0.680. The Kier molecular flexibility index (Phi) is 9.81. The lowest BCUT2D eigenvalue weighted by molar-refractivity contribution is -0.135. The summed E-state index contributed by atoms with van der Waals surface area (Å²) in [5, 5.41) is 17.0. The number of carbonyl (C=O) groups excluding carboxylic acids is 1. The van der Waals surface area contributed by atoms with Crippen molar-refractivity contribution in [3.8, 4) is 0 Å². The molecular weight excluding hydrogens is 404 g/mol. The van der Waals surface area contributed by atoms with Crippen molar-refractivity contribution in [2.45, 2.75) is 70.6 Å². The normalized spacial score (nSPS) is 21.9. The van der Waals surface area contributed by atoms with Crippen molar-refractivity contribution in [3.63, 3.8) is 0 Å². The number of nitrogens with one attached hydrogen (secondary N) is 2. The molecule has 1 amide bonds. The molecular formula is C25H40N4O3. The van der Waals surface area contributed by atoms with Gasteiger partial charge in [0.1, 0.15) is 0 Å². The van der Waals surface area contributed by atoms with Gasteiger partial charge in [-0.05, 0) is 38.7 Å². The Hall–Kier alpha value is -2.12. The summed E-state index contributed by atoms with van der Waals surface area (Å²) in [6, 6.07) is 10.2. The van der Waals surface area contributed by atoms with Gasteiger partial charge in [0.15, 0.2) is 5.96 Å². The average molecular weight is 445 g/mol. The minimum Gasteiger partial charge on any atom is -0.389 e. The largest absolute Gasteiger partial charge is 0.389 e. The predicted octanol–water partition coefficient (Wildman–Crippen LogP) is 2.86. The summed E-state index contributed by atoms with van der Waals surface area (Å²) in [7, 11) is 0. The Morgan fingerprint density at radius 2 is 1.97 bits per heavy atom. The highest BCUT2D eigenvalue weighted by molar-refractivity contribution is 5.81. The van der Waals surface area contributed by atoms with Gasteiger partial charge in [0.2, 0.25) is 5.91 Å². The number of ether oxygens (including phenoxy) is 1. The summed E-state index contributed by atoms with van der Waals surface area (Å²) in [4.78, 5) is 19.4. The molecule has 3 rings (SSSR count). The second kappa shape index (κ2) is 12.8. The number of carbonyl (C=O) groups is 1. The van der Waals surface area contributed by atoms with Gasteiger partial charge < -0.3 is 25.4 Å². The molecule has 2 fully saturated rings. The van der Waals surface area contributed by atoms with E-state index in [1.807, 2.05) is 49.1 Å². The van der Waals surface area contributed by atoms with Crippen LogP contribution in [0.1, 0.15) is 64.0 Å². The number of rotatable bonds is 9. The van der Waals surface area contributed by atoms with E-state index in [0.717, 1.165) is 44.5 Å². The van der Waals surface area contributed by atoms with Crippen LogP contribution in [0.25, 0.3) is 0 Å². The molecule has 2 aliphatic rings. The minimum atomic E-state index is -0.676. The molecule has 0 radical (unpaired) electrons. The van der Waals surface area contributed by atoms with Crippen molar-refractivity contribution in [2.24, 2.45) is 10.9 Å². The van der Waals surface area contributed by atoms with Crippen LogP contribution in [0.3, 0.4) is 0 Å². The van der Waals surface area contributed by atoms with Crippen molar-refractivity contribution in [2.75, 3.05) is 32.8 Å². The standard InChI is InChI=1S/C25H40N4O3/c1-3-26-25(27-16-23(30)18-32-19(2)20-10-6-4-7-11-20)28-22-14-15-29(17-22)24(31)21-12-8-5-9-13-21/h4,6-7,10-11,19,21-23,30H,3,5,8-9,12-18H2,1-2H3,(H2,26,27,28). The van der Waals surface area contributed by atoms with Gasteiger partial charge in [-0.3, -0.25) is 9.79 Å². The van der Waals surface area contributed by atoms with Gasteiger partial charge in [-0.2, -0.15) is 0 Å². The first kappa shape index (κ1) is 24.5. The van der Waals surface area contributed by atoms with Crippen LogP contribution in [-0.4, -0.2) is 66.8 Å². The van der Waals surface area contributed by atoms with Crippen LogP contribution in [0, 0.1) is 5.92 Å². The van der Waals surface area contributed by atoms with Crippen LogP contribution in [-0.2, 0) is 9.53 Å². The van der Waals surface area contributed by atoms with E-state index in [-0.39, 0.29) is 31.2 Å². The Balaban J connectivity index is 1.43. The Morgan fingerprint density at radius 3 is 2.69 bits per heavy atom. The molecule has 0 aromatic heterocycles. The highest BCUT2D eigenvalue weighted by atomic mass is 16.5. The topological polar surface area (TPSA) is 86.2 Å².